The highest BCUT2D eigenvalue weighted by molar-refractivity contribution is 6.02. The first-order chi connectivity index (χ1) is 9.61. The number of amides is 1. The minimum atomic E-state index is -0.364. The molecule has 0 saturated heterocycles. The van der Waals surface area contributed by atoms with Crippen LogP contribution in [0.15, 0.2) is 22.6 Å². The standard InChI is InChI=1S/C15H15NO4/c1-3-19-15(18)9-4-5-11-10(6-9)12-8(2)7-16-14(17)13(12)20-11/h4-6,8H,3,7H2,1-2H3,(H,16,17). The second-order valence-electron chi connectivity index (χ2n) is 4.89. The maximum absolute atomic E-state index is 11.8. The largest absolute Gasteiger partial charge is 0.462 e. The van der Waals surface area contributed by atoms with Crippen molar-refractivity contribution in [1.29, 1.82) is 0 Å². The summed E-state index contributed by atoms with van der Waals surface area (Å²) in [7, 11) is 0. The Hall–Kier alpha value is -2.30. The lowest BCUT2D eigenvalue weighted by molar-refractivity contribution is 0.0526. The van der Waals surface area contributed by atoms with Crippen LogP contribution in [0.4, 0.5) is 0 Å². The first-order valence-electron chi connectivity index (χ1n) is 6.63. The third kappa shape index (κ3) is 1.86. The number of carbonyl (C=O) groups excluding carboxylic acids is 2. The summed E-state index contributed by atoms with van der Waals surface area (Å²) in [5, 5.41) is 3.60. The van der Waals surface area contributed by atoms with E-state index in [9.17, 15) is 9.59 Å². The molecule has 1 aliphatic heterocycles. The fraction of sp³-hybridized carbons (Fsp3) is 0.333. The average molecular weight is 273 g/mol. The molecule has 5 heteroatoms. The highest BCUT2D eigenvalue weighted by Crippen LogP contribution is 2.34. The maximum Gasteiger partial charge on any atom is 0.338 e. The Balaban J connectivity index is 2.16. The SMILES string of the molecule is CCOC(=O)c1ccc2oc3c(c2c1)C(C)CNC3=O. The Morgan fingerprint density at radius 2 is 2.30 bits per heavy atom. The molecular formula is C15H15NO4. The van der Waals surface area contributed by atoms with E-state index < -0.39 is 0 Å². The van der Waals surface area contributed by atoms with Gasteiger partial charge in [0.2, 0.25) is 0 Å². The lowest BCUT2D eigenvalue weighted by Crippen LogP contribution is -2.33. The van der Waals surface area contributed by atoms with Gasteiger partial charge < -0.3 is 14.5 Å². The van der Waals surface area contributed by atoms with Gasteiger partial charge in [0, 0.05) is 23.4 Å². The molecule has 20 heavy (non-hydrogen) atoms. The molecule has 1 aromatic heterocycles. The van der Waals surface area contributed by atoms with Gasteiger partial charge in [-0.25, -0.2) is 4.79 Å². The molecule has 1 aliphatic rings. The maximum atomic E-state index is 11.8. The smallest absolute Gasteiger partial charge is 0.338 e. The van der Waals surface area contributed by atoms with E-state index >= 15 is 0 Å². The molecule has 1 aromatic carbocycles. The molecule has 104 valence electrons. The lowest BCUT2D eigenvalue weighted by atomic mass is 9.94. The zero-order valence-corrected chi connectivity index (χ0v) is 11.4. The summed E-state index contributed by atoms with van der Waals surface area (Å²) in [4.78, 5) is 23.6. The van der Waals surface area contributed by atoms with Crippen LogP contribution < -0.4 is 5.32 Å². The van der Waals surface area contributed by atoms with Crippen molar-refractivity contribution in [3.8, 4) is 0 Å². The van der Waals surface area contributed by atoms with E-state index in [0.717, 1.165) is 10.9 Å². The zero-order chi connectivity index (χ0) is 14.3. The number of hydrogen-bond acceptors (Lipinski definition) is 4. The van der Waals surface area contributed by atoms with Crippen LogP contribution in [0.5, 0.6) is 0 Å². The minimum Gasteiger partial charge on any atom is -0.462 e. The van der Waals surface area contributed by atoms with Crippen LogP contribution in [0.2, 0.25) is 0 Å². The van der Waals surface area contributed by atoms with E-state index in [1.807, 2.05) is 6.92 Å². The molecule has 1 atom stereocenters. The molecule has 3 rings (SSSR count). The number of hydrogen-bond donors (Lipinski definition) is 1. The van der Waals surface area contributed by atoms with Crippen molar-refractivity contribution in [3.63, 3.8) is 0 Å². The van der Waals surface area contributed by atoms with Crippen molar-refractivity contribution in [3.05, 3.63) is 35.1 Å². The number of carbonyl (C=O) groups is 2. The molecule has 2 heterocycles. The van der Waals surface area contributed by atoms with Crippen molar-refractivity contribution in [2.45, 2.75) is 19.8 Å². The highest BCUT2D eigenvalue weighted by Gasteiger charge is 2.29. The average Bonchev–Trinajstić information content (AvgIpc) is 2.83. The number of benzene rings is 1. The van der Waals surface area contributed by atoms with E-state index in [0.29, 0.717) is 30.1 Å². The third-order valence-corrected chi connectivity index (χ3v) is 3.51. The predicted octanol–water partition coefficient (Wildman–Crippen LogP) is 2.46. The summed E-state index contributed by atoms with van der Waals surface area (Å²) in [5.74, 6) is -0.0644. The van der Waals surface area contributed by atoms with Gasteiger partial charge in [0.25, 0.3) is 5.91 Å². The fourth-order valence-corrected chi connectivity index (χ4v) is 2.54. The van der Waals surface area contributed by atoms with Crippen molar-refractivity contribution >= 4 is 22.8 Å². The molecule has 0 aliphatic carbocycles. The van der Waals surface area contributed by atoms with E-state index in [1.165, 1.54) is 0 Å². The van der Waals surface area contributed by atoms with Gasteiger partial charge in [-0.15, -0.1) is 0 Å². The molecule has 0 bridgehead atoms. The molecule has 0 spiro atoms. The van der Waals surface area contributed by atoms with Crippen LogP contribution in [0.25, 0.3) is 11.0 Å². The van der Waals surface area contributed by atoms with Crippen LogP contribution >= 0.6 is 0 Å². The van der Waals surface area contributed by atoms with E-state index in [2.05, 4.69) is 5.32 Å². The van der Waals surface area contributed by atoms with Crippen LogP contribution in [-0.4, -0.2) is 25.0 Å². The third-order valence-electron chi connectivity index (χ3n) is 3.51. The van der Waals surface area contributed by atoms with Crippen molar-refractivity contribution < 1.29 is 18.7 Å². The van der Waals surface area contributed by atoms with Gasteiger partial charge in [-0.2, -0.15) is 0 Å². The summed E-state index contributed by atoms with van der Waals surface area (Å²) < 4.78 is 10.6. The summed E-state index contributed by atoms with van der Waals surface area (Å²) >= 11 is 0. The predicted molar refractivity (Wildman–Crippen MR) is 72.9 cm³/mol. The van der Waals surface area contributed by atoms with Gasteiger partial charge in [-0.1, -0.05) is 6.92 Å². The van der Waals surface area contributed by atoms with Crippen LogP contribution in [0.3, 0.4) is 0 Å². The molecule has 0 saturated carbocycles. The van der Waals surface area contributed by atoms with E-state index in [-0.39, 0.29) is 17.8 Å². The van der Waals surface area contributed by atoms with Gasteiger partial charge in [0.05, 0.1) is 12.2 Å². The molecule has 1 amide bonds. The van der Waals surface area contributed by atoms with Crippen LogP contribution in [0, 0.1) is 0 Å². The van der Waals surface area contributed by atoms with Crippen LogP contribution in [-0.2, 0) is 4.74 Å². The Labute approximate surface area is 115 Å². The monoisotopic (exact) mass is 273 g/mol. The summed E-state index contributed by atoms with van der Waals surface area (Å²) in [6, 6.07) is 5.10. The Morgan fingerprint density at radius 1 is 1.50 bits per heavy atom. The number of fused-ring (bicyclic) bond motifs is 3. The Kier molecular flexibility index (Phi) is 2.97. The van der Waals surface area contributed by atoms with Gasteiger partial charge in [-0.3, -0.25) is 4.79 Å². The molecular weight excluding hydrogens is 258 g/mol. The molecule has 5 nitrogen and oxygen atoms in total. The van der Waals surface area contributed by atoms with E-state index in [4.69, 9.17) is 9.15 Å². The number of nitrogens with one attached hydrogen (secondary N) is 1. The minimum absolute atomic E-state index is 0.154. The first-order valence-corrected chi connectivity index (χ1v) is 6.63. The van der Waals surface area contributed by atoms with Crippen molar-refractivity contribution in [2.75, 3.05) is 13.2 Å². The molecule has 1 N–H and O–H groups in total. The van der Waals surface area contributed by atoms with Gasteiger partial charge in [-0.05, 0) is 25.1 Å². The molecule has 0 radical (unpaired) electrons. The van der Waals surface area contributed by atoms with Crippen molar-refractivity contribution in [1.82, 2.24) is 5.32 Å². The topological polar surface area (TPSA) is 68.5 Å². The normalized spacial score (nSPS) is 17.7. The number of ether oxygens (including phenoxy) is 1. The number of esters is 1. The second-order valence-corrected chi connectivity index (χ2v) is 4.89. The quantitative estimate of drug-likeness (QED) is 0.853. The van der Waals surface area contributed by atoms with Gasteiger partial charge in [0.1, 0.15) is 5.58 Å². The van der Waals surface area contributed by atoms with Gasteiger partial charge >= 0.3 is 5.97 Å². The molecule has 0 fully saturated rings. The first kappa shape index (κ1) is 12.7. The summed E-state index contributed by atoms with van der Waals surface area (Å²) in [6.45, 7) is 4.69. The van der Waals surface area contributed by atoms with Crippen LogP contribution in [0.1, 0.15) is 46.2 Å². The second kappa shape index (κ2) is 4.67. The fourth-order valence-electron chi connectivity index (χ4n) is 2.54. The summed E-state index contributed by atoms with van der Waals surface area (Å²) in [5.41, 5.74) is 1.96. The summed E-state index contributed by atoms with van der Waals surface area (Å²) in [6.07, 6.45) is 0. The van der Waals surface area contributed by atoms with E-state index in [1.54, 1.807) is 25.1 Å². The number of furan rings is 1. The van der Waals surface area contributed by atoms with Crippen molar-refractivity contribution in [2.24, 2.45) is 0 Å². The highest BCUT2D eigenvalue weighted by atomic mass is 16.5. The Morgan fingerprint density at radius 3 is 3.05 bits per heavy atom. The molecule has 1 unspecified atom stereocenters. The zero-order valence-electron chi connectivity index (χ0n) is 11.4. The lowest BCUT2D eigenvalue weighted by Gasteiger charge is -2.18. The molecule has 2 aromatic rings. The van der Waals surface area contributed by atoms with Gasteiger partial charge in [0.15, 0.2) is 5.76 Å². The number of rotatable bonds is 2. The Bertz CT molecular complexity index is 701.